The number of hydrogen-bond acceptors (Lipinski definition) is 1. The Kier molecular flexibility index (Phi) is 5.79. The Balaban J connectivity index is 1.95. The molecule has 0 aliphatic rings. The smallest absolute Gasteiger partial charge is 0.206 e. The Hall–Kier alpha value is -2.77. The highest BCUT2D eigenvalue weighted by Gasteiger charge is 2.01. The minimum Gasteiger partial charge on any atom is -0.285 e. The topological polar surface area (TPSA) is 17.1 Å². The van der Waals surface area contributed by atoms with Crippen molar-refractivity contribution in [3.8, 4) is 23.7 Å². The van der Waals surface area contributed by atoms with Crippen molar-refractivity contribution in [3.63, 3.8) is 0 Å². The van der Waals surface area contributed by atoms with Gasteiger partial charge in [-0.3, -0.25) is 4.79 Å². The van der Waals surface area contributed by atoms with Crippen LogP contribution in [-0.2, 0) is 4.79 Å². The van der Waals surface area contributed by atoms with E-state index in [2.05, 4.69) is 42.7 Å². The fourth-order valence-corrected chi connectivity index (χ4v) is 2.43. The number of Topliss-reactive ketones (excluding diaryl/α,β-unsaturated/α-hetero) is 1. The summed E-state index contributed by atoms with van der Waals surface area (Å²) in [4.78, 5) is 11.9. The Labute approximate surface area is 138 Å². The molecule has 2 aromatic rings. The highest BCUT2D eigenvalue weighted by molar-refractivity contribution is 5.96. The zero-order valence-electron chi connectivity index (χ0n) is 13.9. The second-order valence-corrected chi connectivity index (χ2v) is 5.61. The Morgan fingerprint density at radius 1 is 0.957 bits per heavy atom. The molecule has 0 unspecified atom stereocenters. The van der Waals surface area contributed by atoms with Crippen molar-refractivity contribution in [2.45, 2.75) is 33.6 Å². The van der Waals surface area contributed by atoms with Gasteiger partial charge in [-0.1, -0.05) is 53.7 Å². The van der Waals surface area contributed by atoms with Crippen LogP contribution in [0.5, 0.6) is 0 Å². The molecule has 0 saturated carbocycles. The van der Waals surface area contributed by atoms with E-state index in [-0.39, 0.29) is 5.78 Å². The minimum absolute atomic E-state index is 0.0632. The first-order valence-corrected chi connectivity index (χ1v) is 7.73. The lowest BCUT2D eigenvalue weighted by molar-refractivity contribution is -0.113. The van der Waals surface area contributed by atoms with Gasteiger partial charge in [-0.15, -0.1) is 0 Å². The first kappa shape index (κ1) is 16.6. The lowest BCUT2D eigenvalue weighted by Crippen LogP contribution is -1.94. The first-order chi connectivity index (χ1) is 11.1. The molecule has 23 heavy (non-hydrogen) atoms. The van der Waals surface area contributed by atoms with Crippen LogP contribution < -0.4 is 0 Å². The SMILES string of the molecule is Cc1cc(C)c(C#CC(=O)CCC#Cc2ccccc2)c(C)c1. The van der Waals surface area contributed by atoms with E-state index in [1.807, 2.05) is 44.2 Å². The normalized spacial score (nSPS) is 9.35. The van der Waals surface area contributed by atoms with Gasteiger partial charge in [-0.2, -0.15) is 0 Å². The predicted octanol–water partition coefficient (Wildman–Crippen LogP) is 4.36. The summed E-state index contributed by atoms with van der Waals surface area (Å²) in [5.41, 5.74) is 5.38. The van der Waals surface area contributed by atoms with Crippen LogP contribution in [0.3, 0.4) is 0 Å². The standard InChI is InChI=1S/C22H20O/c1-17-15-18(2)22(19(3)16-17)14-13-21(23)12-8-7-11-20-9-5-4-6-10-20/h4-6,9-10,15-16H,8,12H2,1-3H3. The monoisotopic (exact) mass is 300 g/mol. The van der Waals surface area contributed by atoms with E-state index in [1.54, 1.807) is 0 Å². The van der Waals surface area contributed by atoms with E-state index < -0.39 is 0 Å². The van der Waals surface area contributed by atoms with Gasteiger partial charge in [-0.05, 0) is 50.0 Å². The number of carbonyl (C=O) groups is 1. The molecule has 114 valence electrons. The van der Waals surface area contributed by atoms with E-state index in [1.165, 1.54) is 5.56 Å². The number of ketones is 1. The number of hydrogen-bond donors (Lipinski definition) is 0. The van der Waals surface area contributed by atoms with Gasteiger partial charge in [0.05, 0.1) is 0 Å². The molecule has 0 aromatic heterocycles. The second-order valence-electron chi connectivity index (χ2n) is 5.61. The van der Waals surface area contributed by atoms with E-state index in [4.69, 9.17) is 0 Å². The number of aryl methyl sites for hydroxylation is 3. The molecule has 0 amide bonds. The van der Waals surface area contributed by atoms with E-state index in [9.17, 15) is 4.79 Å². The first-order valence-electron chi connectivity index (χ1n) is 7.73. The van der Waals surface area contributed by atoms with Crippen LogP contribution in [0.15, 0.2) is 42.5 Å². The van der Waals surface area contributed by atoms with Crippen molar-refractivity contribution in [2.75, 3.05) is 0 Å². The molecular formula is C22H20O. The Bertz CT molecular complexity index is 798. The van der Waals surface area contributed by atoms with Crippen molar-refractivity contribution < 1.29 is 4.79 Å². The molecule has 0 radical (unpaired) electrons. The summed E-state index contributed by atoms with van der Waals surface area (Å²) in [7, 11) is 0. The van der Waals surface area contributed by atoms with Crippen molar-refractivity contribution in [1.29, 1.82) is 0 Å². The van der Waals surface area contributed by atoms with Crippen molar-refractivity contribution in [1.82, 2.24) is 0 Å². The van der Waals surface area contributed by atoms with Gasteiger partial charge in [0.1, 0.15) is 0 Å². The number of rotatable bonds is 2. The molecule has 0 spiro atoms. The van der Waals surface area contributed by atoms with Gasteiger partial charge in [-0.25, -0.2) is 0 Å². The third kappa shape index (κ3) is 5.17. The third-order valence-electron chi connectivity index (χ3n) is 3.49. The molecule has 1 heteroatoms. The maximum absolute atomic E-state index is 11.9. The summed E-state index contributed by atoms with van der Waals surface area (Å²) in [6, 6.07) is 14.0. The molecular weight excluding hydrogens is 280 g/mol. The maximum Gasteiger partial charge on any atom is 0.206 e. The van der Waals surface area contributed by atoms with Gasteiger partial charge < -0.3 is 0 Å². The molecule has 0 atom stereocenters. The molecule has 0 saturated heterocycles. The van der Waals surface area contributed by atoms with Gasteiger partial charge >= 0.3 is 0 Å². The van der Waals surface area contributed by atoms with Crippen LogP contribution in [0, 0.1) is 44.5 Å². The molecule has 0 heterocycles. The molecule has 1 nitrogen and oxygen atoms in total. The summed E-state index contributed by atoms with van der Waals surface area (Å²) < 4.78 is 0. The van der Waals surface area contributed by atoms with E-state index in [0.29, 0.717) is 12.8 Å². The Morgan fingerprint density at radius 3 is 2.26 bits per heavy atom. The van der Waals surface area contributed by atoms with Crippen LogP contribution in [0.4, 0.5) is 0 Å². The average Bonchev–Trinajstić information content (AvgIpc) is 2.51. The highest BCUT2D eigenvalue weighted by atomic mass is 16.1. The van der Waals surface area contributed by atoms with Crippen LogP contribution in [0.1, 0.15) is 40.7 Å². The lowest BCUT2D eigenvalue weighted by atomic mass is 10.00. The fourth-order valence-electron chi connectivity index (χ4n) is 2.43. The molecule has 0 N–H and O–H groups in total. The molecule has 0 fully saturated rings. The third-order valence-corrected chi connectivity index (χ3v) is 3.49. The predicted molar refractivity (Wildman–Crippen MR) is 95.1 cm³/mol. The van der Waals surface area contributed by atoms with Gasteiger partial charge in [0.25, 0.3) is 0 Å². The lowest BCUT2D eigenvalue weighted by Gasteiger charge is -2.04. The molecule has 2 rings (SSSR count). The van der Waals surface area contributed by atoms with Crippen molar-refractivity contribution in [2.24, 2.45) is 0 Å². The summed E-state index contributed by atoms with van der Waals surface area (Å²) >= 11 is 0. The van der Waals surface area contributed by atoms with E-state index >= 15 is 0 Å². The van der Waals surface area contributed by atoms with Gasteiger partial charge in [0.15, 0.2) is 0 Å². The summed E-state index contributed by atoms with van der Waals surface area (Å²) in [6.45, 7) is 6.12. The molecule has 2 aromatic carbocycles. The van der Waals surface area contributed by atoms with Gasteiger partial charge in [0.2, 0.25) is 5.78 Å². The van der Waals surface area contributed by atoms with Crippen molar-refractivity contribution in [3.05, 3.63) is 70.3 Å². The fraction of sp³-hybridized carbons (Fsp3) is 0.227. The number of carbonyl (C=O) groups excluding carboxylic acids is 1. The minimum atomic E-state index is -0.0632. The molecule has 0 bridgehead atoms. The van der Waals surface area contributed by atoms with Crippen molar-refractivity contribution >= 4 is 5.78 Å². The summed E-state index contributed by atoms with van der Waals surface area (Å²) in [5, 5.41) is 0. The summed E-state index contributed by atoms with van der Waals surface area (Å²) in [5.74, 6) is 11.8. The molecule has 0 aliphatic heterocycles. The largest absolute Gasteiger partial charge is 0.285 e. The van der Waals surface area contributed by atoms with Crippen LogP contribution in [0.25, 0.3) is 0 Å². The van der Waals surface area contributed by atoms with Gasteiger partial charge in [0, 0.05) is 24.0 Å². The summed E-state index contributed by atoms with van der Waals surface area (Å²) in [6.07, 6.45) is 0.908. The quantitative estimate of drug-likeness (QED) is 0.753. The van der Waals surface area contributed by atoms with Crippen LogP contribution >= 0.6 is 0 Å². The van der Waals surface area contributed by atoms with Crippen LogP contribution in [-0.4, -0.2) is 5.78 Å². The zero-order chi connectivity index (χ0) is 16.7. The molecule has 0 aliphatic carbocycles. The maximum atomic E-state index is 11.9. The average molecular weight is 300 g/mol. The number of benzene rings is 2. The Morgan fingerprint density at radius 2 is 1.61 bits per heavy atom. The highest BCUT2D eigenvalue weighted by Crippen LogP contribution is 2.14. The van der Waals surface area contributed by atoms with E-state index in [0.717, 1.165) is 22.3 Å². The van der Waals surface area contributed by atoms with Crippen LogP contribution in [0.2, 0.25) is 0 Å². The second kappa shape index (κ2) is 8.02. The zero-order valence-corrected chi connectivity index (χ0v) is 13.9.